The van der Waals surface area contributed by atoms with Gasteiger partial charge in [0.25, 0.3) is 5.91 Å². The van der Waals surface area contributed by atoms with Gasteiger partial charge in [-0.25, -0.2) is 4.79 Å². The number of carbonyl (C=O) groups excluding carboxylic acids is 2. The zero-order valence-electron chi connectivity index (χ0n) is 14.4. The maximum atomic E-state index is 12.5. The van der Waals surface area contributed by atoms with Crippen LogP contribution in [-0.4, -0.2) is 50.8 Å². The van der Waals surface area contributed by atoms with E-state index in [1.807, 2.05) is 13.8 Å². The number of hydrogen-bond donors (Lipinski definition) is 2. The van der Waals surface area contributed by atoms with Crippen LogP contribution in [0.25, 0.3) is 0 Å². The van der Waals surface area contributed by atoms with Crippen molar-refractivity contribution in [1.82, 2.24) is 0 Å². The Morgan fingerprint density at radius 3 is 2.67 bits per heavy atom. The van der Waals surface area contributed by atoms with Gasteiger partial charge in [-0.1, -0.05) is 0 Å². The van der Waals surface area contributed by atoms with Gasteiger partial charge in [0.15, 0.2) is 6.54 Å². The molecule has 1 fully saturated rings. The number of esters is 1. The minimum absolute atomic E-state index is 0.0589. The van der Waals surface area contributed by atoms with Crippen molar-refractivity contribution >= 4 is 28.2 Å². The van der Waals surface area contributed by atoms with Crippen LogP contribution in [0.3, 0.4) is 0 Å². The lowest BCUT2D eigenvalue weighted by atomic mass is 10.1. The minimum Gasteiger partial charge on any atom is -0.465 e. The number of anilines is 1. The topological polar surface area (TPSA) is 69.1 Å². The van der Waals surface area contributed by atoms with Gasteiger partial charge in [0, 0.05) is 4.88 Å². The lowest BCUT2D eigenvalue weighted by Gasteiger charge is -2.31. The lowest BCUT2D eigenvalue weighted by Crippen LogP contribution is -3.16. The molecule has 2 heterocycles. The van der Waals surface area contributed by atoms with E-state index in [0.717, 1.165) is 37.9 Å². The van der Waals surface area contributed by atoms with E-state index in [1.54, 1.807) is 0 Å². The first-order valence-electron chi connectivity index (χ1n) is 8.49. The number of ether oxygens (including phenoxy) is 2. The molecular formula is C17H25N2O4S+. The fraction of sp³-hybridized carbons (Fsp3) is 0.647. The molecule has 1 aliphatic heterocycles. The van der Waals surface area contributed by atoms with E-state index in [9.17, 15) is 9.59 Å². The third-order valence-electron chi connectivity index (χ3n) is 4.59. The molecule has 1 aromatic heterocycles. The number of hydrogen-bond acceptors (Lipinski definition) is 5. The number of amides is 1. The van der Waals surface area contributed by atoms with Gasteiger partial charge in [-0.3, -0.25) is 4.79 Å². The van der Waals surface area contributed by atoms with Crippen LogP contribution in [0.2, 0.25) is 0 Å². The summed E-state index contributed by atoms with van der Waals surface area (Å²) >= 11 is 1.52. The zero-order valence-corrected chi connectivity index (χ0v) is 15.3. The molecule has 0 bridgehead atoms. The number of nitrogens with one attached hydrogen (secondary N) is 2. The van der Waals surface area contributed by atoms with Gasteiger partial charge in [0.2, 0.25) is 0 Å². The molecule has 1 amide bonds. The molecule has 6 nitrogen and oxygen atoms in total. The lowest BCUT2D eigenvalue weighted by molar-refractivity contribution is -0.907. The molecule has 2 atom stereocenters. The van der Waals surface area contributed by atoms with Crippen LogP contribution in [0.15, 0.2) is 0 Å². The monoisotopic (exact) mass is 353 g/mol. The van der Waals surface area contributed by atoms with Crippen LogP contribution in [0.4, 0.5) is 5.00 Å². The fourth-order valence-electron chi connectivity index (χ4n) is 3.74. The number of quaternary nitrogens is 1. The molecule has 0 spiro atoms. The number of aryl methyl sites for hydroxylation is 1. The van der Waals surface area contributed by atoms with E-state index in [2.05, 4.69) is 5.32 Å². The summed E-state index contributed by atoms with van der Waals surface area (Å²) in [5, 5.41) is 3.59. The Bertz CT molecular complexity index is 633. The Morgan fingerprint density at radius 2 is 2.00 bits per heavy atom. The molecule has 24 heavy (non-hydrogen) atoms. The average molecular weight is 353 g/mol. The first kappa shape index (κ1) is 17.4. The molecule has 1 aromatic rings. The molecule has 1 aliphatic carbocycles. The van der Waals surface area contributed by atoms with Crippen molar-refractivity contribution in [1.29, 1.82) is 0 Å². The van der Waals surface area contributed by atoms with Gasteiger partial charge < -0.3 is 19.7 Å². The van der Waals surface area contributed by atoms with Gasteiger partial charge in [0.05, 0.1) is 12.7 Å². The normalized spacial score (nSPS) is 26.0. The third-order valence-corrected chi connectivity index (χ3v) is 5.80. The van der Waals surface area contributed by atoms with Gasteiger partial charge in [0.1, 0.15) is 30.3 Å². The maximum absolute atomic E-state index is 12.5. The molecule has 3 rings (SSSR count). The second-order valence-electron chi connectivity index (χ2n) is 6.69. The number of carbonyl (C=O) groups is 2. The average Bonchev–Trinajstić information content (AvgIpc) is 3.05. The van der Waals surface area contributed by atoms with Crippen LogP contribution in [0.5, 0.6) is 0 Å². The number of methoxy groups -OCH3 is 1. The van der Waals surface area contributed by atoms with Crippen LogP contribution in [-0.2, 0) is 27.1 Å². The Kier molecular flexibility index (Phi) is 5.22. The Morgan fingerprint density at radius 1 is 1.29 bits per heavy atom. The number of rotatable bonds is 4. The third kappa shape index (κ3) is 3.63. The molecule has 132 valence electrons. The van der Waals surface area contributed by atoms with Gasteiger partial charge in [-0.05, 0) is 38.7 Å². The standard InChI is InChI=1S/C17H24N2O4S/c1-10-7-19(8-11(2)23-10)9-14(20)18-16-15(17(21)22-3)12-5-4-6-13(12)24-16/h10-11H,4-9H2,1-3H3,(H,18,20)/p+1/t10-,11-/m0/s1. The highest BCUT2D eigenvalue weighted by molar-refractivity contribution is 7.17. The molecule has 2 N–H and O–H groups in total. The van der Waals surface area contributed by atoms with E-state index in [0.29, 0.717) is 17.1 Å². The highest BCUT2D eigenvalue weighted by atomic mass is 32.1. The molecule has 0 saturated carbocycles. The summed E-state index contributed by atoms with van der Waals surface area (Å²) < 4.78 is 10.6. The summed E-state index contributed by atoms with van der Waals surface area (Å²) in [5.74, 6) is -0.415. The van der Waals surface area contributed by atoms with Gasteiger partial charge in [-0.2, -0.15) is 0 Å². The predicted octanol–water partition coefficient (Wildman–Crippen LogP) is 0.654. The van der Waals surface area contributed by atoms with Crippen molar-refractivity contribution in [2.24, 2.45) is 0 Å². The number of morpholine rings is 1. The summed E-state index contributed by atoms with van der Waals surface area (Å²) in [6.07, 6.45) is 3.24. The minimum atomic E-state index is -0.356. The second kappa shape index (κ2) is 7.21. The van der Waals surface area contributed by atoms with E-state index in [1.165, 1.54) is 28.2 Å². The Labute approximate surface area is 146 Å². The molecular weight excluding hydrogens is 328 g/mol. The van der Waals surface area contributed by atoms with Crippen LogP contribution >= 0.6 is 11.3 Å². The number of fused-ring (bicyclic) bond motifs is 1. The van der Waals surface area contributed by atoms with Crippen molar-refractivity contribution < 1.29 is 24.0 Å². The highest BCUT2D eigenvalue weighted by Crippen LogP contribution is 2.39. The van der Waals surface area contributed by atoms with Gasteiger partial charge in [-0.15, -0.1) is 11.3 Å². The van der Waals surface area contributed by atoms with Crippen molar-refractivity contribution in [3.8, 4) is 0 Å². The molecule has 0 aromatic carbocycles. The summed E-state index contributed by atoms with van der Waals surface area (Å²) in [7, 11) is 1.38. The summed E-state index contributed by atoms with van der Waals surface area (Å²) in [6.45, 7) is 6.10. The Balaban J connectivity index is 1.69. The van der Waals surface area contributed by atoms with E-state index >= 15 is 0 Å². The van der Waals surface area contributed by atoms with Gasteiger partial charge >= 0.3 is 5.97 Å². The van der Waals surface area contributed by atoms with Crippen molar-refractivity contribution in [3.05, 3.63) is 16.0 Å². The maximum Gasteiger partial charge on any atom is 0.341 e. The number of thiophene rings is 1. The van der Waals surface area contributed by atoms with Crippen molar-refractivity contribution in [2.45, 2.75) is 45.3 Å². The predicted molar refractivity (Wildman–Crippen MR) is 91.9 cm³/mol. The first-order valence-corrected chi connectivity index (χ1v) is 9.31. The highest BCUT2D eigenvalue weighted by Gasteiger charge is 2.30. The largest absolute Gasteiger partial charge is 0.465 e. The molecule has 1 saturated heterocycles. The fourth-order valence-corrected chi connectivity index (χ4v) is 5.04. The van der Waals surface area contributed by atoms with E-state index < -0.39 is 0 Å². The first-order chi connectivity index (χ1) is 11.5. The summed E-state index contributed by atoms with van der Waals surface area (Å²) in [4.78, 5) is 27.0. The van der Waals surface area contributed by atoms with E-state index in [4.69, 9.17) is 9.47 Å². The van der Waals surface area contributed by atoms with Crippen molar-refractivity contribution in [2.75, 3.05) is 32.1 Å². The smallest absolute Gasteiger partial charge is 0.341 e. The van der Waals surface area contributed by atoms with Crippen LogP contribution in [0.1, 0.15) is 41.1 Å². The van der Waals surface area contributed by atoms with Crippen LogP contribution in [0, 0.1) is 0 Å². The van der Waals surface area contributed by atoms with E-state index in [-0.39, 0.29) is 24.1 Å². The van der Waals surface area contributed by atoms with Crippen molar-refractivity contribution in [3.63, 3.8) is 0 Å². The molecule has 0 radical (unpaired) electrons. The zero-order chi connectivity index (χ0) is 17.3. The Hall–Kier alpha value is -1.44. The summed E-state index contributed by atoms with van der Waals surface area (Å²) in [5.41, 5.74) is 1.62. The SMILES string of the molecule is COC(=O)c1c(NC(=O)C[NH+]2C[C@H](C)O[C@@H](C)C2)sc2c1CCC2. The molecule has 0 unspecified atom stereocenters. The molecule has 7 heteroatoms. The second-order valence-corrected chi connectivity index (χ2v) is 7.80. The van der Waals surface area contributed by atoms with Crippen LogP contribution < -0.4 is 10.2 Å². The quantitative estimate of drug-likeness (QED) is 0.780. The summed E-state index contributed by atoms with van der Waals surface area (Å²) in [6, 6.07) is 0. The molecule has 2 aliphatic rings.